The van der Waals surface area contributed by atoms with Crippen molar-refractivity contribution in [3.05, 3.63) is 30.3 Å². The van der Waals surface area contributed by atoms with Crippen molar-refractivity contribution in [1.82, 2.24) is 10.2 Å². The molecule has 1 aromatic carbocycles. The van der Waals surface area contributed by atoms with Gasteiger partial charge in [-0.05, 0) is 25.0 Å². The van der Waals surface area contributed by atoms with E-state index in [1.165, 1.54) is 4.90 Å². The molecule has 6 heteroatoms. The zero-order valence-corrected chi connectivity index (χ0v) is 10.9. The lowest BCUT2D eigenvalue weighted by Gasteiger charge is -2.16. The molecule has 1 aliphatic carbocycles. The van der Waals surface area contributed by atoms with Gasteiger partial charge in [-0.3, -0.25) is 19.4 Å². The van der Waals surface area contributed by atoms with Gasteiger partial charge in [0.15, 0.2) is 0 Å². The summed E-state index contributed by atoms with van der Waals surface area (Å²) in [7, 11) is 0. The van der Waals surface area contributed by atoms with Crippen LogP contribution >= 0.6 is 0 Å². The number of anilines is 1. The summed E-state index contributed by atoms with van der Waals surface area (Å²) in [6.45, 7) is -0.211. The van der Waals surface area contributed by atoms with E-state index >= 15 is 0 Å². The third-order valence-corrected chi connectivity index (χ3v) is 3.37. The molecule has 1 aliphatic heterocycles. The number of amides is 4. The van der Waals surface area contributed by atoms with E-state index in [-0.39, 0.29) is 30.9 Å². The van der Waals surface area contributed by atoms with Gasteiger partial charge in [-0.25, -0.2) is 4.79 Å². The number of hydrogen-bond acceptors (Lipinski definition) is 3. The monoisotopic (exact) mass is 273 g/mol. The normalized spacial score (nSPS) is 18.6. The molecule has 0 bridgehead atoms. The van der Waals surface area contributed by atoms with Crippen molar-refractivity contribution >= 4 is 23.5 Å². The van der Waals surface area contributed by atoms with E-state index in [4.69, 9.17) is 0 Å². The van der Waals surface area contributed by atoms with Crippen molar-refractivity contribution < 1.29 is 14.4 Å². The van der Waals surface area contributed by atoms with Crippen molar-refractivity contribution in [3.8, 4) is 0 Å². The maximum atomic E-state index is 12.2. The number of rotatable bonds is 4. The van der Waals surface area contributed by atoms with E-state index in [1.54, 1.807) is 24.3 Å². The highest BCUT2D eigenvalue weighted by Crippen LogP contribution is 2.21. The lowest BCUT2D eigenvalue weighted by Crippen LogP contribution is -2.42. The molecule has 1 saturated carbocycles. The van der Waals surface area contributed by atoms with E-state index in [0.717, 1.165) is 17.7 Å². The third-order valence-electron chi connectivity index (χ3n) is 3.37. The molecule has 2 fully saturated rings. The molecule has 0 aromatic heterocycles. The van der Waals surface area contributed by atoms with Gasteiger partial charge in [0.05, 0.1) is 0 Å². The molecule has 1 N–H and O–H groups in total. The first-order valence-electron chi connectivity index (χ1n) is 6.61. The number of imide groups is 1. The highest BCUT2D eigenvalue weighted by atomic mass is 16.2. The predicted molar refractivity (Wildman–Crippen MR) is 72.1 cm³/mol. The Balaban J connectivity index is 1.68. The molecule has 3 rings (SSSR count). The van der Waals surface area contributed by atoms with Crippen molar-refractivity contribution in [2.45, 2.75) is 18.9 Å². The quantitative estimate of drug-likeness (QED) is 0.822. The van der Waals surface area contributed by atoms with Crippen LogP contribution in [-0.2, 0) is 9.59 Å². The molecule has 4 amide bonds. The average Bonchev–Trinajstić information content (AvgIpc) is 3.21. The Morgan fingerprint density at radius 2 is 1.90 bits per heavy atom. The summed E-state index contributed by atoms with van der Waals surface area (Å²) in [6.07, 6.45) is 1.95. The van der Waals surface area contributed by atoms with Crippen molar-refractivity contribution in [2.75, 3.05) is 18.0 Å². The molecule has 0 atom stereocenters. The number of nitrogens with one attached hydrogen (secondary N) is 1. The zero-order chi connectivity index (χ0) is 14.1. The number of hydrogen-bond donors (Lipinski definition) is 1. The number of para-hydroxylation sites is 1. The summed E-state index contributed by atoms with van der Waals surface area (Å²) in [5.74, 6) is -0.617. The van der Waals surface area contributed by atoms with Crippen LogP contribution in [-0.4, -0.2) is 41.9 Å². The van der Waals surface area contributed by atoms with Gasteiger partial charge in [-0.2, -0.15) is 0 Å². The van der Waals surface area contributed by atoms with Crippen LogP contribution in [0.25, 0.3) is 0 Å². The van der Waals surface area contributed by atoms with E-state index in [2.05, 4.69) is 5.32 Å². The maximum absolute atomic E-state index is 12.2. The number of nitrogens with zero attached hydrogens (tertiary/aromatic N) is 2. The molecule has 0 radical (unpaired) electrons. The van der Waals surface area contributed by atoms with Gasteiger partial charge in [0, 0.05) is 11.7 Å². The molecule has 104 valence electrons. The number of carbonyl (C=O) groups is 3. The second kappa shape index (κ2) is 4.96. The van der Waals surface area contributed by atoms with Gasteiger partial charge in [-0.15, -0.1) is 0 Å². The summed E-state index contributed by atoms with van der Waals surface area (Å²) in [5.41, 5.74) is 0.663. The number of carbonyl (C=O) groups excluding carboxylic acids is 3. The topological polar surface area (TPSA) is 69.7 Å². The fraction of sp³-hybridized carbons (Fsp3) is 0.357. The minimum atomic E-state index is -0.438. The summed E-state index contributed by atoms with van der Waals surface area (Å²) in [6, 6.07) is 8.75. The SMILES string of the molecule is O=C(CN1C(=O)CN(c2ccccc2)C1=O)NC1CC1. The van der Waals surface area contributed by atoms with Crippen LogP contribution in [0.2, 0.25) is 0 Å². The second-order valence-electron chi connectivity index (χ2n) is 5.03. The van der Waals surface area contributed by atoms with Gasteiger partial charge in [0.25, 0.3) is 5.91 Å². The van der Waals surface area contributed by atoms with Crippen molar-refractivity contribution in [3.63, 3.8) is 0 Å². The molecule has 1 heterocycles. The van der Waals surface area contributed by atoms with Crippen LogP contribution in [0.5, 0.6) is 0 Å². The van der Waals surface area contributed by atoms with Gasteiger partial charge < -0.3 is 5.32 Å². The summed E-state index contributed by atoms with van der Waals surface area (Å²) < 4.78 is 0. The molecule has 20 heavy (non-hydrogen) atoms. The third kappa shape index (κ3) is 2.49. The fourth-order valence-corrected chi connectivity index (χ4v) is 2.15. The Labute approximate surface area is 116 Å². The van der Waals surface area contributed by atoms with Crippen LogP contribution in [0.1, 0.15) is 12.8 Å². The fourth-order valence-electron chi connectivity index (χ4n) is 2.15. The first kappa shape index (κ1) is 12.7. The van der Waals surface area contributed by atoms with Crippen LogP contribution in [0.3, 0.4) is 0 Å². The minimum absolute atomic E-state index is 0.0143. The van der Waals surface area contributed by atoms with Crippen LogP contribution in [0.4, 0.5) is 10.5 Å². The molecule has 2 aliphatic rings. The minimum Gasteiger partial charge on any atom is -0.352 e. The first-order valence-corrected chi connectivity index (χ1v) is 6.61. The highest BCUT2D eigenvalue weighted by molar-refractivity contribution is 6.13. The van der Waals surface area contributed by atoms with Crippen LogP contribution in [0, 0.1) is 0 Å². The molecular formula is C14H15N3O3. The van der Waals surface area contributed by atoms with Gasteiger partial charge in [0.2, 0.25) is 5.91 Å². The van der Waals surface area contributed by atoms with Gasteiger partial charge in [-0.1, -0.05) is 18.2 Å². The van der Waals surface area contributed by atoms with Crippen molar-refractivity contribution in [2.24, 2.45) is 0 Å². The Hall–Kier alpha value is -2.37. The predicted octanol–water partition coefficient (Wildman–Crippen LogP) is 0.734. The Kier molecular flexibility index (Phi) is 3.14. The standard InChI is InChI=1S/C14H15N3O3/c18-12(15-10-6-7-10)8-17-13(19)9-16(14(17)20)11-4-2-1-3-5-11/h1-5,10H,6-9H2,(H,15,18). The maximum Gasteiger partial charge on any atom is 0.332 e. The largest absolute Gasteiger partial charge is 0.352 e. The van der Waals surface area contributed by atoms with Crippen LogP contribution in [0.15, 0.2) is 30.3 Å². The number of urea groups is 1. The van der Waals surface area contributed by atoms with E-state index in [9.17, 15) is 14.4 Å². The Bertz CT molecular complexity index is 554. The molecular weight excluding hydrogens is 258 g/mol. The summed E-state index contributed by atoms with van der Waals surface area (Å²) >= 11 is 0. The zero-order valence-electron chi connectivity index (χ0n) is 10.9. The Morgan fingerprint density at radius 1 is 1.20 bits per heavy atom. The molecule has 0 spiro atoms. The Morgan fingerprint density at radius 3 is 2.55 bits per heavy atom. The lowest BCUT2D eigenvalue weighted by atomic mass is 10.3. The van der Waals surface area contributed by atoms with Crippen LogP contribution < -0.4 is 10.2 Å². The highest BCUT2D eigenvalue weighted by Gasteiger charge is 2.38. The second-order valence-corrected chi connectivity index (χ2v) is 5.03. The molecule has 0 unspecified atom stereocenters. The smallest absolute Gasteiger partial charge is 0.332 e. The van der Waals surface area contributed by atoms with E-state index < -0.39 is 6.03 Å². The first-order chi connectivity index (χ1) is 9.65. The molecule has 1 saturated heterocycles. The average molecular weight is 273 g/mol. The summed E-state index contributed by atoms with van der Waals surface area (Å²) in [4.78, 5) is 38.2. The molecule has 6 nitrogen and oxygen atoms in total. The lowest BCUT2D eigenvalue weighted by molar-refractivity contribution is -0.130. The van der Waals surface area contributed by atoms with Gasteiger partial charge in [0.1, 0.15) is 13.1 Å². The summed E-state index contributed by atoms with van der Waals surface area (Å²) in [5, 5.41) is 2.77. The number of benzene rings is 1. The van der Waals surface area contributed by atoms with Crippen molar-refractivity contribution in [1.29, 1.82) is 0 Å². The van der Waals surface area contributed by atoms with E-state index in [1.807, 2.05) is 6.07 Å². The van der Waals surface area contributed by atoms with Gasteiger partial charge >= 0.3 is 6.03 Å². The molecule has 1 aromatic rings. The van der Waals surface area contributed by atoms with E-state index in [0.29, 0.717) is 5.69 Å².